The molecule has 2 aliphatic rings. The molecule has 0 saturated carbocycles. The van der Waals surface area contributed by atoms with Gasteiger partial charge in [0.05, 0.1) is 19.1 Å². The van der Waals surface area contributed by atoms with Gasteiger partial charge in [-0.25, -0.2) is 4.79 Å². The molecule has 2 amide bonds. The number of carbonyl (C=O) groups excluding carboxylic acids is 1. The molecular formula is C14H25N3O4. The predicted octanol–water partition coefficient (Wildman–Crippen LogP) is 0.308. The Kier molecular flexibility index (Phi) is 5.41. The van der Waals surface area contributed by atoms with Crippen molar-refractivity contribution >= 4 is 12.0 Å². The zero-order valence-corrected chi connectivity index (χ0v) is 12.8. The monoisotopic (exact) mass is 299 g/mol. The number of nitrogens with zero attached hydrogens (tertiary/aromatic N) is 3. The highest BCUT2D eigenvalue weighted by molar-refractivity contribution is 5.75. The van der Waals surface area contributed by atoms with E-state index in [2.05, 4.69) is 11.9 Å². The Morgan fingerprint density at radius 1 is 1.33 bits per heavy atom. The van der Waals surface area contributed by atoms with E-state index in [9.17, 15) is 9.59 Å². The van der Waals surface area contributed by atoms with Gasteiger partial charge in [0.1, 0.15) is 0 Å². The van der Waals surface area contributed by atoms with E-state index < -0.39 is 12.1 Å². The Bertz CT molecular complexity index is 390. The summed E-state index contributed by atoms with van der Waals surface area (Å²) in [7, 11) is 3.91. The van der Waals surface area contributed by atoms with Crippen LogP contribution in [-0.2, 0) is 9.53 Å². The third kappa shape index (κ3) is 4.31. The molecule has 2 unspecified atom stereocenters. The number of morpholine rings is 1. The fraction of sp³-hybridized carbons (Fsp3) is 0.857. The highest BCUT2D eigenvalue weighted by Crippen LogP contribution is 2.17. The van der Waals surface area contributed by atoms with Gasteiger partial charge >= 0.3 is 12.0 Å². The highest BCUT2D eigenvalue weighted by Gasteiger charge is 2.31. The second kappa shape index (κ2) is 7.09. The summed E-state index contributed by atoms with van der Waals surface area (Å²) in [6.45, 7) is 3.27. The van der Waals surface area contributed by atoms with Gasteiger partial charge in [0.15, 0.2) is 0 Å². The molecule has 2 saturated heterocycles. The number of piperidine rings is 1. The van der Waals surface area contributed by atoms with Crippen molar-refractivity contribution in [1.29, 1.82) is 0 Å². The fourth-order valence-electron chi connectivity index (χ4n) is 3.05. The van der Waals surface area contributed by atoms with Crippen LogP contribution in [0.5, 0.6) is 0 Å². The number of rotatable bonds is 3. The Morgan fingerprint density at radius 2 is 2.10 bits per heavy atom. The number of likely N-dealkylation sites (N-methyl/N-ethyl adjacent to an activating group) is 2. The fourth-order valence-corrected chi connectivity index (χ4v) is 3.05. The lowest BCUT2D eigenvalue weighted by Gasteiger charge is -2.40. The maximum absolute atomic E-state index is 12.6. The third-order valence-electron chi connectivity index (χ3n) is 4.26. The largest absolute Gasteiger partial charge is 0.481 e. The minimum absolute atomic E-state index is 0.0195. The molecule has 1 N–H and O–H groups in total. The number of carboxylic acids is 1. The second-order valence-corrected chi connectivity index (χ2v) is 5.99. The SMILES string of the molecule is CN1CCCC(N(C)C(=O)N2CCOC(CC(=O)O)C2)C1. The van der Waals surface area contributed by atoms with Crippen LogP contribution in [0.25, 0.3) is 0 Å². The topological polar surface area (TPSA) is 73.3 Å². The lowest BCUT2D eigenvalue weighted by molar-refractivity contribution is -0.141. The Morgan fingerprint density at radius 3 is 2.76 bits per heavy atom. The number of hydrogen-bond donors (Lipinski definition) is 1. The van der Waals surface area contributed by atoms with E-state index in [4.69, 9.17) is 9.84 Å². The normalized spacial score (nSPS) is 27.4. The molecule has 2 atom stereocenters. The van der Waals surface area contributed by atoms with Crippen molar-refractivity contribution in [2.24, 2.45) is 0 Å². The minimum Gasteiger partial charge on any atom is -0.481 e. The van der Waals surface area contributed by atoms with Crippen LogP contribution in [0.4, 0.5) is 4.79 Å². The summed E-state index contributed by atoms with van der Waals surface area (Å²) in [4.78, 5) is 29.1. The smallest absolute Gasteiger partial charge is 0.320 e. The minimum atomic E-state index is -0.892. The average Bonchev–Trinajstić information content (AvgIpc) is 2.45. The molecule has 2 aliphatic heterocycles. The van der Waals surface area contributed by atoms with Crippen molar-refractivity contribution in [2.75, 3.05) is 46.9 Å². The van der Waals surface area contributed by atoms with E-state index in [1.54, 1.807) is 9.80 Å². The maximum atomic E-state index is 12.6. The Hall–Kier alpha value is -1.34. The molecule has 2 rings (SSSR count). The van der Waals surface area contributed by atoms with Crippen LogP contribution < -0.4 is 0 Å². The summed E-state index contributed by atoms with van der Waals surface area (Å²) >= 11 is 0. The molecule has 0 radical (unpaired) electrons. The third-order valence-corrected chi connectivity index (χ3v) is 4.26. The molecule has 0 bridgehead atoms. The molecule has 21 heavy (non-hydrogen) atoms. The molecule has 2 fully saturated rings. The number of hydrogen-bond acceptors (Lipinski definition) is 4. The molecule has 0 aromatic rings. The van der Waals surface area contributed by atoms with E-state index in [1.165, 1.54) is 0 Å². The van der Waals surface area contributed by atoms with E-state index in [1.807, 2.05) is 7.05 Å². The first-order chi connectivity index (χ1) is 9.97. The first-order valence-corrected chi connectivity index (χ1v) is 7.51. The maximum Gasteiger partial charge on any atom is 0.320 e. The van der Waals surface area contributed by atoms with Crippen molar-refractivity contribution < 1.29 is 19.4 Å². The zero-order chi connectivity index (χ0) is 15.4. The lowest BCUT2D eigenvalue weighted by Crippen LogP contribution is -2.55. The first-order valence-electron chi connectivity index (χ1n) is 7.51. The van der Waals surface area contributed by atoms with Crippen molar-refractivity contribution in [3.8, 4) is 0 Å². The van der Waals surface area contributed by atoms with Gasteiger partial charge in [-0.05, 0) is 26.4 Å². The van der Waals surface area contributed by atoms with E-state index in [-0.39, 0.29) is 18.5 Å². The van der Waals surface area contributed by atoms with Crippen LogP contribution in [-0.4, -0.2) is 90.8 Å². The number of urea groups is 1. The summed E-state index contributed by atoms with van der Waals surface area (Å²) < 4.78 is 5.41. The van der Waals surface area contributed by atoms with Gasteiger partial charge in [0.2, 0.25) is 0 Å². The van der Waals surface area contributed by atoms with E-state index in [0.29, 0.717) is 19.7 Å². The Balaban J connectivity index is 1.90. The second-order valence-electron chi connectivity index (χ2n) is 5.99. The molecule has 0 aliphatic carbocycles. The molecule has 7 heteroatoms. The Labute approximate surface area is 125 Å². The number of aliphatic carboxylic acids is 1. The van der Waals surface area contributed by atoms with Crippen molar-refractivity contribution in [3.63, 3.8) is 0 Å². The summed E-state index contributed by atoms with van der Waals surface area (Å²) in [5, 5.41) is 8.83. The number of likely N-dealkylation sites (tertiary alicyclic amines) is 1. The number of carboxylic acid groups (broad SMARTS) is 1. The quantitative estimate of drug-likeness (QED) is 0.812. The highest BCUT2D eigenvalue weighted by atomic mass is 16.5. The van der Waals surface area contributed by atoms with Gasteiger partial charge in [-0.15, -0.1) is 0 Å². The van der Waals surface area contributed by atoms with Crippen molar-refractivity contribution in [3.05, 3.63) is 0 Å². The van der Waals surface area contributed by atoms with Crippen LogP contribution in [0, 0.1) is 0 Å². The molecule has 0 spiro atoms. The molecular weight excluding hydrogens is 274 g/mol. The zero-order valence-electron chi connectivity index (χ0n) is 12.8. The lowest BCUT2D eigenvalue weighted by atomic mass is 10.1. The summed E-state index contributed by atoms with van der Waals surface area (Å²) in [5.41, 5.74) is 0. The van der Waals surface area contributed by atoms with Crippen molar-refractivity contribution in [2.45, 2.75) is 31.4 Å². The average molecular weight is 299 g/mol. The number of amides is 2. The molecule has 2 heterocycles. The molecule has 7 nitrogen and oxygen atoms in total. The molecule has 0 aromatic heterocycles. The summed E-state index contributed by atoms with van der Waals surface area (Å²) in [6.07, 6.45) is 1.67. The van der Waals surface area contributed by atoms with Gasteiger partial charge in [-0.2, -0.15) is 0 Å². The van der Waals surface area contributed by atoms with Crippen LogP contribution >= 0.6 is 0 Å². The van der Waals surface area contributed by atoms with Gasteiger partial charge < -0.3 is 24.5 Å². The number of ether oxygens (including phenoxy) is 1. The van der Waals surface area contributed by atoms with Gasteiger partial charge in [-0.3, -0.25) is 4.79 Å². The standard InChI is InChI=1S/C14H25N3O4/c1-15-5-3-4-11(9-15)16(2)14(20)17-6-7-21-12(10-17)8-13(18)19/h11-12H,3-10H2,1-2H3,(H,18,19). The van der Waals surface area contributed by atoms with Crippen LogP contribution in [0.3, 0.4) is 0 Å². The number of carbonyl (C=O) groups is 2. The molecule has 0 aromatic carbocycles. The van der Waals surface area contributed by atoms with Crippen LogP contribution in [0.1, 0.15) is 19.3 Å². The summed E-state index contributed by atoms with van der Waals surface area (Å²) in [6, 6.07) is 0.214. The van der Waals surface area contributed by atoms with Gasteiger partial charge in [0.25, 0.3) is 0 Å². The van der Waals surface area contributed by atoms with Crippen LogP contribution in [0.15, 0.2) is 0 Å². The van der Waals surface area contributed by atoms with Crippen molar-refractivity contribution in [1.82, 2.24) is 14.7 Å². The molecule has 120 valence electrons. The van der Waals surface area contributed by atoms with Crippen LogP contribution in [0.2, 0.25) is 0 Å². The predicted molar refractivity (Wildman–Crippen MR) is 77.2 cm³/mol. The van der Waals surface area contributed by atoms with E-state index in [0.717, 1.165) is 25.9 Å². The van der Waals surface area contributed by atoms with Gasteiger partial charge in [-0.1, -0.05) is 0 Å². The van der Waals surface area contributed by atoms with Gasteiger partial charge in [0, 0.05) is 32.7 Å². The summed E-state index contributed by atoms with van der Waals surface area (Å²) in [5.74, 6) is -0.892. The van der Waals surface area contributed by atoms with E-state index >= 15 is 0 Å². The first kappa shape index (κ1) is 16.0.